The Labute approximate surface area is 286 Å². The minimum absolute atomic E-state index is 0.00259. The second kappa shape index (κ2) is 15.7. The maximum atomic E-state index is 14.6. The first-order valence-corrected chi connectivity index (χ1v) is 17.7. The number of hydrogen-bond donors (Lipinski definition) is 1. The monoisotopic (exact) mass is 693 g/mol. The summed E-state index contributed by atoms with van der Waals surface area (Å²) in [6.07, 6.45) is 3.99. The molecule has 8 nitrogen and oxygen atoms in total. The Balaban J connectivity index is 1.58. The van der Waals surface area contributed by atoms with E-state index in [9.17, 15) is 18.0 Å². The molecule has 1 aliphatic carbocycles. The van der Waals surface area contributed by atoms with Gasteiger partial charge in [0.1, 0.15) is 18.3 Å². The van der Waals surface area contributed by atoms with Crippen LogP contribution >= 0.6 is 23.2 Å². The molecule has 1 atom stereocenters. The SMILES string of the molecule is COc1ccc(N(CC(=O)N(Cc2ccccc2Cl)[C@@H](Cc2ccccc2)C(=O)NC2CCCC2)S(=O)(=O)c2ccccc2)cc1Cl. The van der Waals surface area contributed by atoms with E-state index in [0.29, 0.717) is 16.3 Å². The molecule has 0 heterocycles. The van der Waals surface area contributed by atoms with E-state index in [1.807, 2.05) is 30.3 Å². The van der Waals surface area contributed by atoms with E-state index in [1.165, 1.54) is 36.3 Å². The lowest BCUT2D eigenvalue weighted by molar-refractivity contribution is -0.140. The number of halogens is 2. The quantitative estimate of drug-likeness (QED) is 0.164. The summed E-state index contributed by atoms with van der Waals surface area (Å²) in [6, 6.07) is 28.0. The second-order valence-electron chi connectivity index (χ2n) is 11.5. The Morgan fingerprint density at radius 1 is 0.872 bits per heavy atom. The lowest BCUT2D eigenvalue weighted by Gasteiger charge is -2.34. The van der Waals surface area contributed by atoms with Gasteiger partial charge in [0.05, 0.1) is 22.7 Å². The topological polar surface area (TPSA) is 96.0 Å². The molecular weight excluding hydrogens is 657 g/mol. The van der Waals surface area contributed by atoms with Crippen LogP contribution in [0.4, 0.5) is 5.69 Å². The van der Waals surface area contributed by atoms with Crippen LogP contribution in [-0.2, 0) is 32.6 Å². The van der Waals surface area contributed by atoms with Gasteiger partial charge in [0, 0.05) is 24.0 Å². The number of sulfonamides is 1. The smallest absolute Gasteiger partial charge is 0.264 e. The molecule has 1 N–H and O–H groups in total. The summed E-state index contributed by atoms with van der Waals surface area (Å²) in [5.74, 6) is -0.532. The Bertz CT molecular complexity index is 1790. The first kappa shape index (κ1) is 34.3. The Hall–Kier alpha value is -4.05. The second-order valence-corrected chi connectivity index (χ2v) is 14.1. The zero-order chi connectivity index (χ0) is 33.4. The van der Waals surface area contributed by atoms with Crippen LogP contribution in [0.1, 0.15) is 36.8 Å². The predicted octanol–water partition coefficient (Wildman–Crippen LogP) is 6.90. The van der Waals surface area contributed by atoms with E-state index in [0.717, 1.165) is 35.6 Å². The van der Waals surface area contributed by atoms with E-state index < -0.39 is 28.5 Å². The molecule has 47 heavy (non-hydrogen) atoms. The average molecular weight is 695 g/mol. The van der Waals surface area contributed by atoms with Crippen molar-refractivity contribution in [3.8, 4) is 5.75 Å². The zero-order valence-electron chi connectivity index (χ0n) is 26.0. The van der Waals surface area contributed by atoms with E-state index in [-0.39, 0.29) is 40.5 Å². The third kappa shape index (κ3) is 8.46. The minimum atomic E-state index is -4.26. The Morgan fingerprint density at radius 3 is 2.15 bits per heavy atom. The highest BCUT2D eigenvalue weighted by molar-refractivity contribution is 7.92. The number of hydrogen-bond acceptors (Lipinski definition) is 5. The van der Waals surface area contributed by atoms with Crippen molar-refractivity contribution in [1.29, 1.82) is 0 Å². The fraction of sp³-hybridized carbons (Fsp3) is 0.278. The highest BCUT2D eigenvalue weighted by atomic mass is 35.5. The molecule has 0 bridgehead atoms. The number of methoxy groups -OCH3 is 1. The van der Waals surface area contributed by atoms with Gasteiger partial charge in [-0.1, -0.05) is 103 Å². The number of rotatable bonds is 13. The number of anilines is 1. The van der Waals surface area contributed by atoms with Crippen LogP contribution in [0.25, 0.3) is 0 Å². The van der Waals surface area contributed by atoms with E-state index in [1.54, 1.807) is 48.5 Å². The molecule has 1 aliphatic rings. The van der Waals surface area contributed by atoms with Crippen LogP contribution in [-0.4, -0.2) is 50.9 Å². The third-order valence-electron chi connectivity index (χ3n) is 8.30. The van der Waals surface area contributed by atoms with Gasteiger partial charge >= 0.3 is 0 Å². The van der Waals surface area contributed by atoms with Crippen molar-refractivity contribution in [3.63, 3.8) is 0 Å². The van der Waals surface area contributed by atoms with Crippen molar-refractivity contribution in [2.45, 2.75) is 55.6 Å². The lowest BCUT2D eigenvalue weighted by Crippen LogP contribution is -2.54. The van der Waals surface area contributed by atoms with Gasteiger partial charge < -0.3 is 15.0 Å². The Morgan fingerprint density at radius 2 is 1.51 bits per heavy atom. The first-order valence-electron chi connectivity index (χ1n) is 15.5. The van der Waals surface area contributed by atoms with Crippen LogP contribution in [0, 0.1) is 0 Å². The lowest BCUT2D eigenvalue weighted by atomic mass is 10.0. The first-order chi connectivity index (χ1) is 22.7. The highest BCUT2D eigenvalue weighted by Crippen LogP contribution is 2.32. The number of carbonyl (C=O) groups excluding carboxylic acids is 2. The molecule has 4 aromatic carbocycles. The summed E-state index contributed by atoms with van der Waals surface area (Å²) in [4.78, 5) is 30.2. The molecule has 1 saturated carbocycles. The van der Waals surface area contributed by atoms with Gasteiger partial charge in [-0.2, -0.15) is 0 Å². The molecule has 1 fully saturated rings. The van der Waals surface area contributed by atoms with Crippen molar-refractivity contribution >= 4 is 50.7 Å². The molecule has 11 heteroatoms. The van der Waals surface area contributed by atoms with E-state index in [2.05, 4.69) is 5.32 Å². The number of carbonyl (C=O) groups is 2. The summed E-state index contributed by atoms with van der Waals surface area (Å²) in [7, 11) is -2.81. The van der Waals surface area contributed by atoms with E-state index >= 15 is 0 Å². The molecule has 0 saturated heterocycles. The van der Waals surface area contributed by atoms with Gasteiger partial charge in [0.15, 0.2) is 0 Å². The number of ether oxygens (including phenoxy) is 1. The summed E-state index contributed by atoms with van der Waals surface area (Å²) in [5, 5.41) is 3.77. The maximum absolute atomic E-state index is 14.6. The molecule has 0 spiro atoms. The Kier molecular flexibility index (Phi) is 11.4. The molecule has 0 aromatic heterocycles. The van der Waals surface area contributed by atoms with Crippen molar-refractivity contribution < 1.29 is 22.7 Å². The van der Waals surface area contributed by atoms with Crippen molar-refractivity contribution in [2.75, 3.05) is 18.0 Å². The summed E-state index contributed by atoms with van der Waals surface area (Å²) >= 11 is 13.0. The van der Waals surface area contributed by atoms with Gasteiger partial charge in [0.25, 0.3) is 10.0 Å². The van der Waals surface area contributed by atoms with Crippen LogP contribution in [0.5, 0.6) is 5.75 Å². The summed E-state index contributed by atoms with van der Waals surface area (Å²) in [5.41, 5.74) is 1.65. The summed E-state index contributed by atoms with van der Waals surface area (Å²) in [6.45, 7) is -0.622. The molecule has 5 rings (SSSR count). The van der Waals surface area contributed by atoms with Gasteiger partial charge in [-0.15, -0.1) is 0 Å². The summed E-state index contributed by atoms with van der Waals surface area (Å²) < 4.78 is 34.7. The van der Waals surface area contributed by atoms with Crippen LogP contribution in [0.2, 0.25) is 10.0 Å². The van der Waals surface area contributed by atoms with Crippen LogP contribution in [0.15, 0.2) is 108 Å². The molecular formula is C36H37Cl2N3O5S. The zero-order valence-corrected chi connectivity index (χ0v) is 28.3. The number of amides is 2. The standard InChI is InChI=1S/C36H37Cl2N3O5S/c1-46-34-21-20-29(23-32(34)38)41(47(44,45)30-17-6-3-7-18-30)25-35(42)40(24-27-14-8-11-19-31(27)37)33(22-26-12-4-2-5-13-26)36(43)39-28-15-9-10-16-28/h2-8,11-14,17-21,23,28,33H,9-10,15-16,22,24-25H2,1H3,(H,39,43)/t33-/m0/s1. The molecule has 2 amide bonds. The number of nitrogens with zero attached hydrogens (tertiary/aromatic N) is 2. The molecule has 0 radical (unpaired) electrons. The fourth-order valence-electron chi connectivity index (χ4n) is 5.79. The number of nitrogens with one attached hydrogen (secondary N) is 1. The molecule has 0 unspecified atom stereocenters. The number of benzene rings is 4. The highest BCUT2D eigenvalue weighted by Gasteiger charge is 2.36. The van der Waals surface area contributed by atoms with Gasteiger partial charge in [-0.25, -0.2) is 8.42 Å². The van der Waals surface area contributed by atoms with Crippen LogP contribution in [0.3, 0.4) is 0 Å². The van der Waals surface area contributed by atoms with E-state index in [4.69, 9.17) is 27.9 Å². The van der Waals surface area contributed by atoms with Crippen molar-refractivity contribution in [3.05, 3.63) is 124 Å². The van der Waals surface area contributed by atoms with Gasteiger partial charge in [-0.3, -0.25) is 13.9 Å². The minimum Gasteiger partial charge on any atom is -0.495 e. The molecule has 246 valence electrons. The van der Waals surface area contributed by atoms with Crippen LogP contribution < -0.4 is 14.4 Å². The maximum Gasteiger partial charge on any atom is 0.264 e. The third-order valence-corrected chi connectivity index (χ3v) is 10.8. The fourth-order valence-corrected chi connectivity index (χ4v) is 7.66. The molecule has 0 aliphatic heterocycles. The normalized spacial score (nSPS) is 13.9. The average Bonchev–Trinajstić information content (AvgIpc) is 3.59. The van der Waals surface area contributed by atoms with Gasteiger partial charge in [0.2, 0.25) is 11.8 Å². The van der Waals surface area contributed by atoms with Crippen molar-refractivity contribution in [1.82, 2.24) is 10.2 Å². The molecule has 4 aromatic rings. The van der Waals surface area contributed by atoms with Crippen molar-refractivity contribution in [2.24, 2.45) is 0 Å². The largest absolute Gasteiger partial charge is 0.495 e. The predicted molar refractivity (Wildman–Crippen MR) is 185 cm³/mol. The van der Waals surface area contributed by atoms with Gasteiger partial charge in [-0.05, 0) is 60.4 Å².